The molecule has 0 aliphatic heterocycles. The van der Waals surface area contributed by atoms with E-state index in [0.29, 0.717) is 12.8 Å². The van der Waals surface area contributed by atoms with Crippen LogP contribution in [0.5, 0.6) is 0 Å². The highest BCUT2D eigenvalue weighted by atomic mass is 16.6. The second-order valence-corrected chi connectivity index (χ2v) is 21.5. The van der Waals surface area contributed by atoms with Crippen LogP contribution in [0.2, 0.25) is 0 Å². The van der Waals surface area contributed by atoms with Crippen molar-refractivity contribution < 1.29 is 24.2 Å². The normalized spacial score (nSPS) is 12.3. The predicted octanol–water partition coefficient (Wildman–Crippen LogP) is 21.4. The number of ether oxygens (including phenoxy) is 2. The predicted molar refractivity (Wildman–Crippen MR) is 307 cm³/mol. The molecule has 5 heteroatoms. The molecule has 0 heterocycles. The smallest absolute Gasteiger partial charge is 0.306 e. The lowest BCUT2D eigenvalue weighted by Gasteiger charge is -2.15. The van der Waals surface area contributed by atoms with E-state index in [1.54, 1.807) is 0 Å². The first-order valence-electron chi connectivity index (χ1n) is 31.5. The fraction of sp³-hybridized carbons (Fsp3) is 0.877. The van der Waals surface area contributed by atoms with Crippen LogP contribution in [0.1, 0.15) is 348 Å². The minimum Gasteiger partial charge on any atom is -0.462 e. The standard InChI is InChI=1S/C65H122O5/c1-3-5-7-9-11-13-15-17-19-21-22-23-24-25-26-27-28-29-30-31-32-33-34-35-36-37-38-39-40-41-42-44-46-48-50-52-54-56-58-60-65(68)70-63(61-66)62-69-64(67)59-57-55-53-51-49-47-45-43-20-18-16-14-12-10-8-6-4-2/h15,17,21-22,24-25,63,66H,3-14,16,18-20,23,26-62H2,1-2H3/b17-15-,22-21-,25-24-. The Balaban J connectivity index is 3.37. The first kappa shape index (κ1) is 68.1. The Morgan fingerprint density at radius 1 is 0.329 bits per heavy atom. The van der Waals surface area contributed by atoms with Crippen molar-refractivity contribution in [2.45, 2.75) is 354 Å². The molecular weight excluding hydrogens is 861 g/mol. The van der Waals surface area contributed by atoms with Gasteiger partial charge in [0.1, 0.15) is 6.61 Å². The summed E-state index contributed by atoms with van der Waals surface area (Å²) in [7, 11) is 0. The zero-order chi connectivity index (χ0) is 50.6. The molecule has 0 rings (SSSR count). The van der Waals surface area contributed by atoms with Gasteiger partial charge in [0, 0.05) is 12.8 Å². The zero-order valence-electron chi connectivity index (χ0n) is 47.3. The fourth-order valence-corrected chi connectivity index (χ4v) is 9.69. The Labute approximate surface area is 437 Å². The topological polar surface area (TPSA) is 72.8 Å². The quantitative estimate of drug-likeness (QED) is 0.0373. The molecule has 70 heavy (non-hydrogen) atoms. The number of aliphatic hydroxyl groups is 1. The van der Waals surface area contributed by atoms with Crippen LogP contribution in [0, 0.1) is 0 Å². The molecular formula is C65H122O5. The van der Waals surface area contributed by atoms with Crippen LogP contribution in [0.3, 0.4) is 0 Å². The summed E-state index contributed by atoms with van der Waals surface area (Å²) in [5.74, 6) is -0.568. The third kappa shape index (κ3) is 58.7. The number of carbonyl (C=O) groups is 2. The molecule has 1 N–H and O–H groups in total. The van der Waals surface area contributed by atoms with E-state index in [1.807, 2.05) is 0 Å². The first-order valence-corrected chi connectivity index (χ1v) is 31.5. The van der Waals surface area contributed by atoms with E-state index in [9.17, 15) is 14.7 Å². The number of allylic oxidation sites excluding steroid dienone is 6. The summed E-state index contributed by atoms with van der Waals surface area (Å²) in [4.78, 5) is 24.5. The van der Waals surface area contributed by atoms with Gasteiger partial charge in [-0.3, -0.25) is 9.59 Å². The largest absolute Gasteiger partial charge is 0.462 e. The molecule has 0 bridgehead atoms. The van der Waals surface area contributed by atoms with E-state index in [2.05, 4.69) is 50.3 Å². The van der Waals surface area contributed by atoms with Gasteiger partial charge in [-0.2, -0.15) is 0 Å². The highest BCUT2D eigenvalue weighted by molar-refractivity contribution is 5.70. The van der Waals surface area contributed by atoms with Crippen LogP contribution in [0.4, 0.5) is 0 Å². The number of rotatable bonds is 59. The molecule has 0 amide bonds. The van der Waals surface area contributed by atoms with Crippen molar-refractivity contribution >= 4 is 11.9 Å². The minimum absolute atomic E-state index is 0.0583. The first-order chi connectivity index (χ1) is 34.6. The van der Waals surface area contributed by atoms with Crippen molar-refractivity contribution in [3.05, 3.63) is 36.5 Å². The molecule has 0 aromatic rings. The number of unbranched alkanes of at least 4 members (excludes halogenated alkanes) is 45. The lowest BCUT2D eigenvalue weighted by atomic mass is 10.0. The van der Waals surface area contributed by atoms with Crippen LogP contribution in [0.25, 0.3) is 0 Å². The highest BCUT2D eigenvalue weighted by Gasteiger charge is 2.16. The van der Waals surface area contributed by atoms with Crippen molar-refractivity contribution in [2.75, 3.05) is 13.2 Å². The molecule has 0 aromatic heterocycles. The molecule has 0 aromatic carbocycles. The maximum absolute atomic E-state index is 12.3. The molecule has 0 aliphatic carbocycles. The summed E-state index contributed by atoms with van der Waals surface area (Å²) in [6, 6.07) is 0. The molecule has 0 saturated carbocycles. The van der Waals surface area contributed by atoms with Gasteiger partial charge in [0.2, 0.25) is 0 Å². The van der Waals surface area contributed by atoms with E-state index in [1.165, 1.54) is 276 Å². The van der Waals surface area contributed by atoms with Gasteiger partial charge in [0.05, 0.1) is 6.61 Å². The van der Waals surface area contributed by atoms with Gasteiger partial charge in [-0.25, -0.2) is 0 Å². The molecule has 1 unspecified atom stereocenters. The Morgan fingerprint density at radius 2 is 0.571 bits per heavy atom. The Bertz CT molecular complexity index is 1110. The number of hydrogen-bond acceptors (Lipinski definition) is 5. The average Bonchev–Trinajstić information content (AvgIpc) is 3.36. The molecule has 1 atom stereocenters. The summed E-state index contributed by atoms with van der Waals surface area (Å²) < 4.78 is 10.7. The van der Waals surface area contributed by atoms with Crippen LogP contribution in [-0.2, 0) is 19.1 Å². The highest BCUT2D eigenvalue weighted by Crippen LogP contribution is 2.18. The molecule has 0 fully saturated rings. The third-order valence-corrected chi connectivity index (χ3v) is 14.4. The van der Waals surface area contributed by atoms with Crippen molar-refractivity contribution in [3.63, 3.8) is 0 Å². The molecule has 5 nitrogen and oxygen atoms in total. The van der Waals surface area contributed by atoms with E-state index in [0.717, 1.165) is 44.9 Å². The van der Waals surface area contributed by atoms with Crippen molar-refractivity contribution in [1.29, 1.82) is 0 Å². The maximum Gasteiger partial charge on any atom is 0.306 e. The van der Waals surface area contributed by atoms with E-state index < -0.39 is 6.10 Å². The van der Waals surface area contributed by atoms with Crippen molar-refractivity contribution in [3.8, 4) is 0 Å². The van der Waals surface area contributed by atoms with Gasteiger partial charge < -0.3 is 14.6 Å². The van der Waals surface area contributed by atoms with E-state index in [4.69, 9.17) is 9.47 Å². The number of esters is 2. The number of carbonyl (C=O) groups excluding carboxylic acids is 2. The maximum atomic E-state index is 12.3. The van der Waals surface area contributed by atoms with Gasteiger partial charge >= 0.3 is 11.9 Å². The van der Waals surface area contributed by atoms with Crippen LogP contribution in [0.15, 0.2) is 36.5 Å². The molecule has 0 radical (unpaired) electrons. The zero-order valence-corrected chi connectivity index (χ0v) is 47.3. The lowest BCUT2D eigenvalue weighted by molar-refractivity contribution is -0.161. The van der Waals surface area contributed by atoms with Gasteiger partial charge in [-0.1, -0.05) is 320 Å². The summed E-state index contributed by atoms with van der Waals surface area (Å²) >= 11 is 0. The Hall–Kier alpha value is -1.88. The third-order valence-electron chi connectivity index (χ3n) is 14.4. The molecule has 0 aliphatic rings. The van der Waals surface area contributed by atoms with Gasteiger partial charge in [-0.05, 0) is 51.4 Å². The average molecular weight is 984 g/mol. The molecule has 412 valence electrons. The molecule has 0 spiro atoms. The summed E-state index contributed by atoms with van der Waals surface area (Å²) in [6.45, 7) is 4.18. The Kier molecular flexibility index (Phi) is 59.8. The minimum atomic E-state index is -0.767. The monoisotopic (exact) mass is 983 g/mol. The summed E-state index contributed by atoms with van der Waals surface area (Å²) in [6.07, 6.45) is 80.2. The van der Waals surface area contributed by atoms with Crippen LogP contribution >= 0.6 is 0 Å². The summed E-state index contributed by atoms with van der Waals surface area (Å²) in [5.41, 5.74) is 0. The van der Waals surface area contributed by atoms with Gasteiger partial charge in [0.25, 0.3) is 0 Å². The van der Waals surface area contributed by atoms with Gasteiger partial charge in [0.15, 0.2) is 6.10 Å². The Morgan fingerprint density at radius 3 is 0.857 bits per heavy atom. The summed E-state index contributed by atoms with van der Waals surface area (Å²) in [5, 5.41) is 9.66. The van der Waals surface area contributed by atoms with Crippen LogP contribution in [-0.4, -0.2) is 36.4 Å². The van der Waals surface area contributed by atoms with E-state index >= 15 is 0 Å². The van der Waals surface area contributed by atoms with Gasteiger partial charge in [-0.15, -0.1) is 0 Å². The van der Waals surface area contributed by atoms with Crippen molar-refractivity contribution in [1.82, 2.24) is 0 Å². The second-order valence-electron chi connectivity index (χ2n) is 21.5. The number of aliphatic hydroxyl groups excluding tert-OH is 1. The second kappa shape index (κ2) is 61.4. The van der Waals surface area contributed by atoms with E-state index in [-0.39, 0.29) is 25.2 Å². The SMILES string of the molecule is CCCCCCC/C=C\C/C=C\C/C=C\CCCCCCCCCCCCCCCCCCCCCCCCCCC(=O)OC(CO)COC(=O)CCCCCCCCCCCCCCCCCCC. The number of hydrogen-bond donors (Lipinski definition) is 1. The lowest BCUT2D eigenvalue weighted by Crippen LogP contribution is -2.28. The van der Waals surface area contributed by atoms with Crippen molar-refractivity contribution in [2.24, 2.45) is 0 Å². The fourth-order valence-electron chi connectivity index (χ4n) is 9.69. The molecule has 0 saturated heterocycles. The van der Waals surface area contributed by atoms with Crippen LogP contribution < -0.4 is 0 Å².